The van der Waals surface area contributed by atoms with Crippen molar-refractivity contribution in [2.45, 2.75) is 6.92 Å². The summed E-state index contributed by atoms with van der Waals surface area (Å²) in [5.41, 5.74) is 1.07. The van der Waals surface area contributed by atoms with Gasteiger partial charge in [0.15, 0.2) is 0 Å². The molecule has 0 aromatic heterocycles. The molecule has 0 bridgehead atoms. The van der Waals surface area contributed by atoms with Crippen molar-refractivity contribution in [2.75, 3.05) is 0 Å². The maximum atomic E-state index is 5.16. The number of para-hydroxylation sites is 1. The van der Waals surface area contributed by atoms with Gasteiger partial charge in [0.05, 0.1) is 6.26 Å². The molecule has 0 aliphatic carbocycles. The molecule has 0 heterocycles. The van der Waals surface area contributed by atoms with Crippen molar-refractivity contribution in [1.29, 1.82) is 0 Å². The predicted molar refractivity (Wildman–Crippen MR) is 48.8 cm³/mol. The Balaban J connectivity index is 2.51. The quantitative estimate of drug-likeness (QED) is 0.382. The second kappa shape index (κ2) is 4.49. The van der Waals surface area contributed by atoms with Crippen LogP contribution in [0.2, 0.25) is 0 Å². The number of hydrogen-bond donors (Lipinski definition) is 0. The summed E-state index contributed by atoms with van der Waals surface area (Å²) in [5, 5.41) is 0. The largest absolute Gasteiger partial charge is 0.657 e. The highest BCUT2D eigenvalue weighted by Crippen LogP contribution is 2.15. The Bertz CT molecular complexity index is 260. The summed E-state index contributed by atoms with van der Waals surface area (Å²) in [7, 11) is 1.25. The first kappa shape index (κ1) is 8.72. The van der Waals surface area contributed by atoms with E-state index in [-0.39, 0.29) is 0 Å². The van der Waals surface area contributed by atoms with Gasteiger partial charge in [-0.2, -0.15) is 0 Å². The number of hydrogen-bond acceptors (Lipinski definition) is 2. The third kappa shape index (κ3) is 2.34. The minimum atomic E-state index is 0.791. The van der Waals surface area contributed by atoms with Crippen LogP contribution in [-0.2, 0) is 4.65 Å². The average molecular weight is 161 g/mol. The normalized spacial score (nSPS) is 8.75. The highest BCUT2D eigenvalue weighted by atomic mass is 16.6. The van der Waals surface area contributed by atoms with E-state index in [0.29, 0.717) is 0 Å². The van der Waals surface area contributed by atoms with Crippen molar-refractivity contribution in [3.05, 3.63) is 42.7 Å². The molecule has 0 saturated heterocycles. The second-order valence-corrected chi connectivity index (χ2v) is 2.28. The third-order valence-electron chi connectivity index (χ3n) is 1.42. The summed E-state index contributed by atoms with van der Waals surface area (Å²) < 4.78 is 9.87. The van der Waals surface area contributed by atoms with Crippen molar-refractivity contribution < 1.29 is 9.31 Å². The van der Waals surface area contributed by atoms with Crippen LogP contribution in [0.4, 0.5) is 0 Å². The van der Waals surface area contributed by atoms with E-state index in [9.17, 15) is 0 Å². The minimum Gasteiger partial charge on any atom is -0.533 e. The van der Waals surface area contributed by atoms with Crippen molar-refractivity contribution in [2.24, 2.45) is 0 Å². The maximum Gasteiger partial charge on any atom is 0.657 e. The molecule has 0 N–H and O–H groups in total. The van der Waals surface area contributed by atoms with Gasteiger partial charge in [-0.1, -0.05) is 24.8 Å². The summed E-state index contributed by atoms with van der Waals surface area (Å²) in [6.07, 6.45) is 1.30. The molecular weight excluding hydrogens is 151 g/mol. The molecule has 12 heavy (non-hydrogen) atoms. The van der Waals surface area contributed by atoms with E-state index in [4.69, 9.17) is 9.31 Å². The van der Waals surface area contributed by atoms with Gasteiger partial charge in [0.2, 0.25) is 0 Å². The molecule has 0 aliphatic rings. The molecule has 0 spiro atoms. The monoisotopic (exact) mass is 161 g/mol. The van der Waals surface area contributed by atoms with E-state index in [1.54, 1.807) is 0 Å². The molecule has 1 aromatic carbocycles. The van der Waals surface area contributed by atoms with Gasteiger partial charge in [0.25, 0.3) is 0 Å². The Hall–Kier alpha value is -1.38. The van der Waals surface area contributed by atoms with Crippen molar-refractivity contribution in [3.63, 3.8) is 0 Å². The van der Waals surface area contributed by atoms with Gasteiger partial charge >= 0.3 is 7.69 Å². The van der Waals surface area contributed by atoms with E-state index in [1.807, 2.05) is 31.2 Å². The first-order valence-electron chi connectivity index (χ1n) is 3.65. The Morgan fingerprint density at radius 3 is 2.83 bits per heavy atom. The Morgan fingerprint density at radius 1 is 1.42 bits per heavy atom. The van der Waals surface area contributed by atoms with Gasteiger partial charge in [0.1, 0.15) is 5.75 Å². The van der Waals surface area contributed by atoms with Crippen LogP contribution in [0, 0.1) is 6.92 Å². The maximum absolute atomic E-state index is 5.16. The first-order valence-corrected chi connectivity index (χ1v) is 3.65. The molecule has 0 atom stereocenters. The Kier molecular flexibility index (Phi) is 3.26. The lowest BCUT2D eigenvalue weighted by Gasteiger charge is -2.05. The SMILES string of the molecule is C=CO[B]Oc1ccccc1C. The van der Waals surface area contributed by atoms with Crippen molar-refractivity contribution in [3.8, 4) is 5.75 Å². The molecule has 0 amide bonds. The third-order valence-corrected chi connectivity index (χ3v) is 1.42. The second-order valence-electron chi connectivity index (χ2n) is 2.28. The zero-order valence-electron chi connectivity index (χ0n) is 6.99. The Labute approximate surface area is 73.1 Å². The zero-order chi connectivity index (χ0) is 8.81. The standard InChI is InChI=1S/C9H10BO2/c1-3-11-10-12-9-7-5-4-6-8(9)2/h3-7H,1H2,2H3. The van der Waals surface area contributed by atoms with Crippen LogP contribution in [0.5, 0.6) is 5.75 Å². The van der Waals surface area contributed by atoms with Gasteiger partial charge in [-0.25, -0.2) is 0 Å². The fourth-order valence-electron chi connectivity index (χ4n) is 0.808. The summed E-state index contributed by atoms with van der Waals surface area (Å²) >= 11 is 0. The molecule has 1 aromatic rings. The van der Waals surface area contributed by atoms with Gasteiger partial charge in [-0.05, 0) is 18.6 Å². The average Bonchev–Trinajstić information content (AvgIpc) is 2.09. The number of rotatable bonds is 4. The van der Waals surface area contributed by atoms with Crippen LogP contribution in [0.15, 0.2) is 37.1 Å². The Morgan fingerprint density at radius 2 is 2.17 bits per heavy atom. The minimum absolute atomic E-state index is 0.791. The summed E-state index contributed by atoms with van der Waals surface area (Å²) in [4.78, 5) is 0. The number of benzene rings is 1. The molecular formula is C9H10BO2. The molecule has 2 nitrogen and oxygen atoms in total. The van der Waals surface area contributed by atoms with Gasteiger partial charge < -0.3 is 9.31 Å². The predicted octanol–water partition coefficient (Wildman–Crippen LogP) is 2.07. The lowest BCUT2D eigenvalue weighted by molar-refractivity contribution is 0.412. The van der Waals surface area contributed by atoms with Crippen LogP contribution < -0.4 is 4.65 Å². The van der Waals surface area contributed by atoms with Crippen LogP contribution in [0.3, 0.4) is 0 Å². The fourth-order valence-corrected chi connectivity index (χ4v) is 0.808. The van der Waals surface area contributed by atoms with Crippen LogP contribution >= 0.6 is 0 Å². The van der Waals surface area contributed by atoms with Gasteiger partial charge in [0, 0.05) is 0 Å². The molecule has 1 rings (SSSR count). The van der Waals surface area contributed by atoms with Crippen LogP contribution in [-0.4, -0.2) is 7.69 Å². The van der Waals surface area contributed by atoms with Crippen molar-refractivity contribution in [1.82, 2.24) is 0 Å². The van der Waals surface area contributed by atoms with Crippen LogP contribution in [0.25, 0.3) is 0 Å². The lowest BCUT2D eigenvalue weighted by atomic mass is 10.2. The zero-order valence-corrected chi connectivity index (χ0v) is 6.99. The molecule has 0 fully saturated rings. The summed E-state index contributed by atoms with van der Waals surface area (Å²) in [6, 6.07) is 7.70. The van der Waals surface area contributed by atoms with E-state index >= 15 is 0 Å². The fraction of sp³-hybridized carbons (Fsp3) is 0.111. The van der Waals surface area contributed by atoms with Gasteiger partial charge in [-0.3, -0.25) is 0 Å². The smallest absolute Gasteiger partial charge is 0.533 e. The van der Waals surface area contributed by atoms with E-state index in [0.717, 1.165) is 11.3 Å². The molecule has 3 heteroatoms. The summed E-state index contributed by atoms with van der Waals surface area (Å²) in [5.74, 6) is 0.791. The molecule has 0 aliphatic heterocycles. The molecule has 0 unspecified atom stereocenters. The topological polar surface area (TPSA) is 18.5 Å². The molecule has 61 valence electrons. The summed E-state index contributed by atoms with van der Waals surface area (Å²) in [6.45, 7) is 5.35. The number of aryl methyl sites for hydroxylation is 1. The van der Waals surface area contributed by atoms with Crippen molar-refractivity contribution >= 4 is 7.69 Å². The van der Waals surface area contributed by atoms with E-state index in [1.165, 1.54) is 13.9 Å². The highest BCUT2D eigenvalue weighted by Gasteiger charge is 1.99. The first-order chi connectivity index (χ1) is 5.84. The van der Waals surface area contributed by atoms with E-state index < -0.39 is 0 Å². The lowest BCUT2D eigenvalue weighted by Crippen LogP contribution is -2.04. The highest BCUT2D eigenvalue weighted by molar-refractivity contribution is 6.19. The van der Waals surface area contributed by atoms with E-state index in [2.05, 4.69) is 6.58 Å². The van der Waals surface area contributed by atoms with Crippen LogP contribution in [0.1, 0.15) is 5.56 Å². The van der Waals surface area contributed by atoms with Gasteiger partial charge in [-0.15, -0.1) is 0 Å². The molecule has 0 saturated carbocycles. The molecule has 1 radical (unpaired) electrons.